The number of fused-ring (bicyclic) bond motifs is 1. The first-order valence-corrected chi connectivity index (χ1v) is 11.0. The van der Waals surface area contributed by atoms with E-state index in [-0.39, 0.29) is 16.1 Å². The van der Waals surface area contributed by atoms with Gasteiger partial charge >= 0.3 is 5.97 Å². The molecule has 0 aliphatic carbocycles. The summed E-state index contributed by atoms with van der Waals surface area (Å²) in [7, 11) is 0. The zero-order valence-electron chi connectivity index (χ0n) is 16.7. The maximum absolute atomic E-state index is 14.8. The number of benzene rings is 2. The summed E-state index contributed by atoms with van der Waals surface area (Å²) in [6, 6.07) is 13.9. The molecule has 2 aromatic carbocycles. The number of aryl methyl sites for hydroxylation is 1. The second-order valence-electron chi connectivity index (χ2n) is 7.63. The highest BCUT2D eigenvalue weighted by atomic mass is 32.2. The smallest absolute Gasteiger partial charge is 0.335 e. The van der Waals surface area contributed by atoms with Crippen molar-refractivity contribution in [1.82, 2.24) is 0 Å². The van der Waals surface area contributed by atoms with Crippen molar-refractivity contribution in [2.24, 2.45) is 0 Å². The third-order valence-electron chi connectivity index (χ3n) is 4.70. The Morgan fingerprint density at radius 2 is 1.80 bits per heavy atom. The third-order valence-corrected chi connectivity index (χ3v) is 6.94. The van der Waals surface area contributed by atoms with Crippen LogP contribution in [0.5, 0.6) is 0 Å². The number of aromatic carboxylic acids is 1. The number of thiophene rings is 1. The lowest BCUT2D eigenvalue weighted by atomic mass is 9.97. The van der Waals surface area contributed by atoms with E-state index in [1.807, 2.05) is 6.07 Å². The molecule has 0 amide bonds. The lowest BCUT2D eigenvalue weighted by Crippen LogP contribution is -2.16. The van der Waals surface area contributed by atoms with E-state index >= 15 is 0 Å². The van der Waals surface area contributed by atoms with Crippen molar-refractivity contribution in [3.63, 3.8) is 0 Å². The Morgan fingerprint density at radius 1 is 1.07 bits per heavy atom. The molecule has 0 saturated carbocycles. The first-order chi connectivity index (χ1) is 14.2. The van der Waals surface area contributed by atoms with E-state index in [0.29, 0.717) is 11.1 Å². The van der Waals surface area contributed by atoms with Gasteiger partial charge in [-0.3, -0.25) is 0 Å². The number of rotatable bonds is 2. The van der Waals surface area contributed by atoms with Crippen molar-refractivity contribution in [2.75, 3.05) is 0 Å². The fraction of sp³-hybridized carbons (Fsp3) is 0.160. The number of carbonyl (C=O) groups is 1. The van der Waals surface area contributed by atoms with Crippen molar-refractivity contribution in [3.05, 3.63) is 92.4 Å². The van der Waals surface area contributed by atoms with Crippen LogP contribution in [0.4, 0.5) is 4.39 Å². The number of carboxylic acid groups (broad SMARTS) is 1. The number of thioether (sulfide) groups is 1. The second-order valence-corrected chi connectivity index (χ2v) is 10.6. The Hall–Kier alpha value is -2.81. The molecule has 2 heterocycles. The number of carboxylic acids is 1. The molecular formula is C25H19FO2S2. The quantitative estimate of drug-likeness (QED) is 0.461. The maximum Gasteiger partial charge on any atom is 0.335 e. The first-order valence-electron chi connectivity index (χ1n) is 9.40. The highest BCUT2D eigenvalue weighted by Gasteiger charge is 2.28. The van der Waals surface area contributed by atoms with Crippen molar-refractivity contribution in [3.8, 4) is 11.8 Å². The van der Waals surface area contributed by atoms with Crippen molar-refractivity contribution in [1.29, 1.82) is 0 Å². The van der Waals surface area contributed by atoms with Gasteiger partial charge in [0.2, 0.25) is 0 Å². The summed E-state index contributed by atoms with van der Waals surface area (Å²) in [5.41, 5.74) is 3.27. The summed E-state index contributed by atoms with van der Waals surface area (Å²) in [5, 5.41) is 9.00. The van der Waals surface area contributed by atoms with Crippen LogP contribution in [-0.2, 0) is 0 Å². The minimum atomic E-state index is -0.987. The zero-order valence-corrected chi connectivity index (χ0v) is 18.4. The van der Waals surface area contributed by atoms with E-state index in [2.05, 4.69) is 50.8 Å². The van der Waals surface area contributed by atoms with Gasteiger partial charge in [0.15, 0.2) is 0 Å². The van der Waals surface area contributed by atoms with Crippen LogP contribution in [0.2, 0.25) is 0 Å². The highest BCUT2D eigenvalue weighted by molar-refractivity contribution is 8.01. The second kappa shape index (κ2) is 7.79. The predicted octanol–water partition coefficient (Wildman–Crippen LogP) is 6.61. The van der Waals surface area contributed by atoms with Crippen LogP contribution in [-0.4, -0.2) is 15.8 Å². The molecule has 0 fully saturated rings. The molecule has 1 aromatic heterocycles. The van der Waals surface area contributed by atoms with Gasteiger partial charge in [-0.05, 0) is 80.4 Å². The molecule has 0 radical (unpaired) electrons. The molecule has 0 bridgehead atoms. The maximum atomic E-state index is 14.8. The van der Waals surface area contributed by atoms with Gasteiger partial charge in [-0.1, -0.05) is 17.9 Å². The number of halogens is 1. The predicted molar refractivity (Wildman–Crippen MR) is 122 cm³/mol. The van der Waals surface area contributed by atoms with Crippen LogP contribution in [0, 0.1) is 24.6 Å². The first kappa shape index (κ1) is 20.5. The van der Waals surface area contributed by atoms with Gasteiger partial charge in [0, 0.05) is 25.0 Å². The highest BCUT2D eigenvalue weighted by Crippen LogP contribution is 2.47. The SMILES string of the molecule is Cc1ccc(C2=CC(C)(C)Sc3cc(F)c(C#Cc4ccc(C(=O)O)cc4)cc32)s1. The summed E-state index contributed by atoms with van der Waals surface area (Å²) >= 11 is 3.37. The number of hydrogen-bond acceptors (Lipinski definition) is 3. The molecule has 30 heavy (non-hydrogen) atoms. The van der Waals surface area contributed by atoms with E-state index in [0.717, 1.165) is 20.9 Å². The Balaban J connectivity index is 1.76. The molecule has 1 aliphatic heterocycles. The van der Waals surface area contributed by atoms with Gasteiger partial charge in [0.05, 0.1) is 11.1 Å². The summed E-state index contributed by atoms with van der Waals surface area (Å²) in [5.74, 6) is 4.52. The average molecular weight is 435 g/mol. The minimum Gasteiger partial charge on any atom is -0.478 e. The lowest BCUT2D eigenvalue weighted by Gasteiger charge is -2.29. The van der Waals surface area contributed by atoms with Gasteiger partial charge in [-0.25, -0.2) is 9.18 Å². The number of hydrogen-bond donors (Lipinski definition) is 1. The molecule has 3 aromatic rings. The Morgan fingerprint density at radius 3 is 2.43 bits per heavy atom. The van der Waals surface area contributed by atoms with Crippen molar-refractivity contribution >= 4 is 34.6 Å². The van der Waals surface area contributed by atoms with Gasteiger partial charge in [0.1, 0.15) is 5.82 Å². The fourth-order valence-electron chi connectivity index (χ4n) is 3.30. The van der Waals surface area contributed by atoms with E-state index in [9.17, 15) is 9.18 Å². The van der Waals surface area contributed by atoms with Crippen molar-refractivity contribution in [2.45, 2.75) is 30.4 Å². The van der Waals surface area contributed by atoms with Gasteiger partial charge in [-0.2, -0.15) is 0 Å². The monoisotopic (exact) mass is 434 g/mol. The molecule has 0 unspecified atom stereocenters. The molecule has 4 rings (SSSR count). The molecule has 150 valence electrons. The molecule has 2 nitrogen and oxygen atoms in total. The lowest BCUT2D eigenvalue weighted by molar-refractivity contribution is 0.0697. The molecule has 5 heteroatoms. The molecule has 0 atom stereocenters. The molecule has 1 N–H and O–H groups in total. The van der Waals surface area contributed by atoms with Gasteiger partial charge in [-0.15, -0.1) is 23.1 Å². The normalized spacial score (nSPS) is 14.3. The summed E-state index contributed by atoms with van der Waals surface area (Å²) < 4.78 is 14.7. The van der Waals surface area contributed by atoms with Gasteiger partial charge in [0.25, 0.3) is 0 Å². The summed E-state index contributed by atoms with van der Waals surface area (Å²) in [4.78, 5) is 14.3. The van der Waals surface area contributed by atoms with E-state index in [1.54, 1.807) is 41.3 Å². The van der Waals surface area contributed by atoms with E-state index in [4.69, 9.17) is 5.11 Å². The fourth-order valence-corrected chi connectivity index (χ4v) is 5.39. The van der Waals surface area contributed by atoms with Crippen molar-refractivity contribution < 1.29 is 14.3 Å². The molecule has 0 spiro atoms. The van der Waals surface area contributed by atoms with E-state index in [1.165, 1.54) is 17.0 Å². The Kier molecular flexibility index (Phi) is 5.31. The topological polar surface area (TPSA) is 37.3 Å². The van der Waals surface area contributed by atoms with Crippen LogP contribution < -0.4 is 0 Å². The third kappa shape index (κ3) is 4.21. The minimum absolute atomic E-state index is 0.133. The van der Waals surface area contributed by atoms with Crippen LogP contribution in [0.3, 0.4) is 0 Å². The summed E-state index contributed by atoms with van der Waals surface area (Å²) in [6.07, 6.45) is 2.24. The Bertz CT molecular complexity index is 1240. The largest absolute Gasteiger partial charge is 0.478 e. The van der Waals surface area contributed by atoms with E-state index < -0.39 is 5.97 Å². The average Bonchev–Trinajstić information content (AvgIpc) is 3.12. The van der Waals surface area contributed by atoms with Crippen LogP contribution in [0.15, 0.2) is 59.5 Å². The molecule has 0 saturated heterocycles. The molecular weight excluding hydrogens is 415 g/mol. The standard InChI is InChI=1S/C25H19FO2S2/c1-15-4-11-22(29-15)20-14-25(2,3)30-23-13-21(26)18(12-19(20)23)10-7-16-5-8-17(9-6-16)24(27)28/h4-6,8-9,11-14H,1-3H3,(H,27,28). The zero-order chi connectivity index (χ0) is 21.5. The summed E-state index contributed by atoms with van der Waals surface area (Å²) in [6.45, 7) is 6.34. The van der Waals surface area contributed by atoms with Crippen LogP contribution >= 0.6 is 23.1 Å². The molecule has 1 aliphatic rings. The Labute approximate surface area is 183 Å². The van der Waals surface area contributed by atoms with Crippen LogP contribution in [0.1, 0.15) is 50.7 Å². The van der Waals surface area contributed by atoms with Gasteiger partial charge < -0.3 is 5.11 Å². The van der Waals surface area contributed by atoms with Crippen LogP contribution in [0.25, 0.3) is 5.57 Å².